The molecule has 0 bridgehead atoms. The SMILES string of the molecule is CNc1cc(CN(C)CCCOC)ccn1. The number of pyridine rings is 1. The maximum atomic E-state index is 5.03. The zero-order chi connectivity index (χ0) is 11.8. The number of nitrogens with one attached hydrogen (secondary N) is 1. The number of hydrogen-bond acceptors (Lipinski definition) is 4. The fourth-order valence-corrected chi connectivity index (χ4v) is 1.58. The first-order valence-electron chi connectivity index (χ1n) is 5.56. The summed E-state index contributed by atoms with van der Waals surface area (Å²) >= 11 is 0. The third-order valence-electron chi connectivity index (χ3n) is 2.42. The Bertz CT molecular complexity index is 304. The molecule has 0 aliphatic rings. The first-order chi connectivity index (χ1) is 7.76. The minimum Gasteiger partial charge on any atom is -0.385 e. The molecule has 90 valence electrons. The van der Waals surface area contributed by atoms with E-state index < -0.39 is 0 Å². The number of anilines is 1. The summed E-state index contributed by atoms with van der Waals surface area (Å²) in [4.78, 5) is 6.48. The van der Waals surface area contributed by atoms with E-state index in [9.17, 15) is 0 Å². The van der Waals surface area contributed by atoms with Gasteiger partial charge in [0.1, 0.15) is 5.82 Å². The smallest absolute Gasteiger partial charge is 0.125 e. The minimum absolute atomic E-state index is 0.822. The summed E-state index contributed by atoms with van der Waals surface area (Å²) in [6.07, 6.45) is 2.90. The van der Waals surface area contributed by atoms with Crippen molar-refractivity contribution >= 4 is 5.82 Å². The molecule has 1 aromatic heterocycles. The molecule has 4 nitrogen and oxygen atoms in total. The molecule has 0 saturated carbocycles. The number of hydrogen-bond donors (Lipinski definition) is 1. The zero-order valence-electron chi connectivity index (χ0n) is 10.4. The van der Waals surface area contributed by atoms with E-state index in [1.165, 1.54) is 5.56 Å². The molecule has 16 heavy (non-hydrogen) atoms. The minimum atomic E-state index is 0.822. The fourth-order valence-electron chi connectivity index (χ4n) is 1.58. The second-order valence-electron chi connectivity index (χ2n) is 3.88. The van der Waals surface area contributed by atoms with Crippen molar-refractivity contribution in [3.8, 4) is 0 Å². The molecule has 0 aliphatic heterocycles. The molecule has 0 saturated heterocycles. The molecular formula is C12H21N3O. The second-order valence-corrected chi connectivity index (χ2v) is 3.88. The van der Waals surface area contributed by atoms with Crippen molar-refractivity contribution < 1.29 is 4.74 Å². The molecular weight excluding hydrogens is 202 g/mol. The Kier molecular flexibility index (Phi) is 5.82. The van der Waals surface area contributed by atoms with Gasteiger partial charge in [-0.2, -0.15) is 0 Å². The lowest BCUT2D eigenvalue weighted by Crippen LogP contribution is -2.20. The van der Waals surface area contributed by atoms with Gasteiger partial charge in [-0.1, -0.05) is 0 Å². The molecule has 0 unspecified atom stereocenters. The largest absolute Gasteiger partial charge is 0.385 e. The van der Waals surface area contributed by atoms with E-state index in [1.807, 2.05) is 19.3 Å². The van der Waals surface area contributed by atoms with E-state index in [2.05, 4.69) is 28.3 Å². The van der Waals surface area contributed by atoms with Crippen LogP contribution in [0.4, 0.5) is 5.82 Å². The summed E-state index contributed by atoms with van der Waals surface area (Å²) in [5, 5.41) is 3.04. The lowest BCUT2D eigenvalue weighted by atomic mass is 10.2. The quantitative estimate of drug-likeness (QED) is 0.712. The Balaban J connectivity index is 2.39. The number of methoxy groups -OCH3 is 1. The van der Waals surface area contributed by atoms with Gasteiger partial charge in [-0.15, -0.1) is 0 Å². The van der Waals surface area contributed by atoms with Crippen molar-refractivity contribution in [1.82, 2.24) is 9.88 Å². The molecule has 1 aromatic rings. The van der Waals surface area contributed by atoms with Gasteiger partial charge in [0.25, 0.3) is 0 Å². The first-order valence-corrected chi connectivity index (χ1v) is 5.56. The molecule has 4 heteroatoms. The lowest BCUT2D eigenvalue weighted by Gasteiger charge is -2.16. The van der Waals surface area contributed by atoms with Crippen LogP contribution < -0.4 is 5.32 Å². The summed E-state index contributed by atoms with van der Waals surface area (Å²) in [5.41, 5.74) is 1.28. The average molecular weight is 223 g/mol. The van der Waals surface area contributed by atoms with Crippen molar-refractivity contribution in [2.75, 3.05) is 39.7 Å². The molecule has 0 aromatic carbocycles. The summed E-state index contributed by atoms with van der Waals surface area (Å²) in [6.45, 7) is 2.81. The van der Waals surface area contributed by atoms with Crippen molar-refractivity contribution in [2.45, 2.75) is 13.0 Å². The highest BCUT2D eigenvalue weighted by Crippen LogP contribution is 2.08. The topological polar surface area (TPSA) is 37.4 Å². The highest BCUT2D eigenvalue weighted by Gasteiger charge is 2.01. The average Bonchev–Trinajstić information content (AvgIpc) is 2.29. The molecule has 1 N–H and O–H groups in total. The number of nitrogens with zero attached hydrogens (tertiary/aromatic N) is 2. The summed E-state index contributed by atoms with van der Waals surface area (Å²) in [5.74, 6) is 0.919. The number of rotatable bonds is 7. The van der Waals surface area contributed by atoms with Gasteiger partial charge in [-0.25, -0.2) is 4.98 Å². The van der Waals surface area contributed by atoms with Gasteiger partial charge in [-0.3, -0.25) is 0 Å². The van der Waals surface area contributed by atoms with E-state index in [4.69, 9.17) is 4.74 Å². The summed E-state index contributed by atoms with van der Waals surface area (Å²) < 4.78 is 5.03. The van der Waals surface area contributed by atoms with Crippen LogP contribution in [0.2, 0.25) is 0 Å². The number of aromatic nitrogens is 1. The van der Waals surface area contributed by atoms with Crippen LogP contribution in [0.5, 0.6) is 0 Å². The van der Waals surface area contributed by atoms with Crippen LogP contribution in [0.15, 0.2) is 18.3 Å². The zero-order valence-corrected chi connectivity index (χ0v) is 10.4. The standard InChI is InChI=1S/C12H21N3O/c1-13-12-9-11(5-6-14-12)10-15(2)7-4-8-16-3/h5-6,9H,4,7-8,10H2,1-3H3,(H,13,14). The van der Waals surface area contributed by atoms with Crippen LogP contribution in [-0.2, 0) is 11.3 Å². The lowest BCUT2D eigenvalue weighted by molar-refractivity contribution is 0.178. The fraction of sp³-hybridized carbons (Fsp3) is 0.583. The van der Waals surface area contributed by atoms with Gasteiger partial charge in [0.05, 0.1) is 0 Å². The summed E-state index contributed by atoms with van der Waals surface area (Å²) in [7, 11) is 5.74. The molecule has 0 amide bonds. The molecule has 0 spiro atoms. The predicted molar refractivity (Wildman–Crippen MR) is 66.6 cm³/mol. The van der Waals surface area contributed by atoms with E-state index >= 15 is 0 Å². The molecule has 1 heterocycles. The van der Waals surface area contributed by atoms with Crippen LogP contribution in [0.3, 0.4) is 0 Å². The van der Waals surface area contributed by atoms with Crippen LogP contribution >= 0.6 is 0 Å². The van der Waals surface area contributed by atoms with E-state index in [-0.39, 0.29) is 0 Å². The van der Waals surface area contributed by atoms with Crippen molar-refractivity contribution in [1.29, 1.82) is 0 Å². The van der Waals surface area contributed by atoms with Gasteiger partial charge in [0.15, 0.2) is 0 Å². The summed E-state index contributed by atoms with van der Waals surface area (Å²) in [6, 6.07) is 4.13. The second kappa shape index (κ2) is 7.19. The van der Waals surface area contributed by atoms with Crippen molar-refractivity contribution in [2.24, 2.45) is 0 Å². The normalized spacial score (nSPS) is 10.8. The van der Waals surface area contributed by atoms with Crippen LogP contribution in [-0.4, -0.2) is 44.2 Å². The maximum Gasteiger partial charge on any atom is 0.125 e. The third kappa shape index (κ3) is 4.59. The molecule has 0 fully saturated rings. The molecule has 0 radical (unpaired) electrons. The van der Waals surface area contributed by atoms with Gasteiger partial charge >= 0.3 is 0 Å². The Morgan fingerprint density at radius 3 is 3.00 bits per heavy atom. The van der Waals surface area contributed by atoms with E-state index in [0.29, 0.717) is 0 Å². The highest BCUT2D eigenvalue weighted by atomic mass is 16.5. The van der Waals surface area contributed by atoms with Crippen LogP contribution in [0.25, 0.3) is 0 Å². The van der Waals surface area contributed by atoms with Gasteiger partial charge in [0.2, 0.25) is 0 Å². The van der Waals surface area contributed by atoms with E-state index in [1.54, 1.807) is 7.11 Å². The van der Waals surface area contributed by atoms with Crippen LogP contribution in [0.1, 0.15) is 12.0 Å². The Morgan fingerprint density at radius 2 is 2.31 bits per heavy atom. The highest BCUT2D eigenvalue weighted by molar-refractivity contribution is 5.36. The van der Waals surface area contributed by atoms with Crippen molar-refractivity contribution in [3.63, 3.8) is 0 Å². The Hall–Kier alpha value is -1.13. The van der Waals surface area contributed by atoms with Gasteiger partial charge < -0.3 is 15.0 Å². The van der Waals surface area contributed by atoms with Gasteiger partial charge in [-0.05, 0) is 31.2 Å². The molecule has 1 rings (SSSR count). The predicted octanol–water partition coefficient (Wildman–Crippen LogP) is 1.59. The number of ether oxygens (including phenoxy) is 1. The van der Waals surface area contributed by atoms with Crippen molar-refractivity contribution in [3.05, 3.63) is 23.9 Å². The Labute approximate surface area is 97.6 Å². The third-order valence-corrected chi connectivity index (χ3v) is 2.42. The first kappa shape index (κ1) is 12.9. The monoisotopic (exact) mass is 223 g/mol. The van der Waals surface area contributed by atoms with Crippen LogP contribution in [0, 0.1) is 0 Å². The molecule has 0 aliphatic carbocycles. The maximum absolute atomic E-state index is 5.03. The van der Waals surface area contributed by atoms with Gasteiger partial charge in [0, 0.05) is 40.1 Å². The molecule has 0 atom stereocenters. The van der Waals surface area contributed by atoms with E-state index in [0.717, 1.165) is 31.9 Å². The Morgan fingerprint density at radius 1 is 1.50 bits per heavy atom.